The van der Waals surface area contributed by atoms with Gasteiger partial charge in [0.1, 0.15) is 0 Å². The zero-order valence-electron chi connectivity index (χ0n) is 5.01. The molecule has 0 bridgehead atoms. The van der Waals surface area contributed by atoms with Crippen LogP contribution in [0.15, 0.2) is 24.9 Å². The molecule has 1 heterocycles. The van der Waals surface area contributed by atoms with Gasteiger partial charge in [-0.3, -0.25) is 0 Å². The summed E-state index contributed by atoms with van der Waals surface area (Å²) in [6.07, 6.45) is 7.45. The van der Waals surface area contributed by atoms with E-state index in [9.17, 15) is 0 Å². The highest BCUT2D eigenvalue weighted by atomic mass is 15.1. The Kier molecular flexibility index (Phi) is 1.73. The van der Waals surface area contributed by atoms with Crippen molar-refractivity contribution in [2.75, 3.05) is 13.1 Å². The molecule has 1 aliphatic heterocycles. The Morgan fingerprint density at radius 1 is 1.50 bits per heavy atom. The highest BCUT2D eigenvalue weighted by molar-refractivity contribution is 4.93. The maximum Gasteiger partial charge on any atom is 0.0353 e. The SMILES string of the molecule is C=CN1CC=CCC1. The maximum atomic E-state index is 3.68. The summed E-state index contributed by atoms with van der Waals surface area (Å²) in [7, 11) is 0. The van der Waals surface area contributed by atoms with Crippen LogP contribution in [0.2, 0.25) is 0 Å². The molecular weight excluding hydrogens is 98.1 g/mol. The molecule has 0 radical (unpaired) electrons. The number of hydrogen-bond donors (Lipinski definition) is 0. The van der Waals surface area contributed by atoms with Crippen molar-refractivity contribution >= 4 is 0 Å². The Bertz CT molecular complexity index is 105. The monoisotopic (exact) mass is 109 g/mol. The van der Waals surface area contributed by atoms with Crippen LogP contribution in [0.4, 0.5) is 0 Å². The molecule has 8 heavy (non-hydrogen) atoms. The van der Waals surface area contributed by atoms with Crippen LogP contribution in [-0.4, -0.2) is 18.0 Å². The summed E-state index contributed by atoms with van der Waals surface area (Å²) in [5, 5.41) is 0. The van der Waals surface area contributed by atoms with E-state index in [4.69, 9.17) is 0 Å². The lowest BCUT2D eigenvalue weighted by Gasteiger charge is -2.19. The van der Waals surface area contributed by atoms with Crippen LogP contribution in [-0.2, 0) is 0 Å². The first-order chi connectivity index (χ1) is 3.93. The van der Waals surface area contributed by atoms with Crippen molar-refractivity contribution in [3.8, 4) is 0 Å². The Balaban J connectivity index is 2.37. The van der Waals surface area contributed by atoms with E-state index in [0.717, 1.165) is 13.1 Å². The summed E-state index contributed by atoms with van der Waals surface area (Å²) in [5.74, 6) is 0. The summed E-state index contributed by atoms with van der Waals surface area (Å²) >= 11 is 0. The molecule has 0 unspecified atom stereocenters. The van der Waals surface area contributed by atoms with Crippen molar-refractivity contribution in [3.63, 3.8) is 0 Å². The Labute approximate surface area is 50.3 Å². The van der Waals surface area contributed by atoms with Crippen molar-refractivity contribution in [1.29, 1.82) is 0 Å². The molecule has 0 saturated heterocycles. The third-order valence-corrected chi connectivity index (χ3v) is 1.35. The molecule has 1 heteroatoms. The van der Waals surface area contributed by atoms with Crippen molar-refractivity contribution in [1.82, 2.24) is 4.90 Å². The number of hydrogen-bond acceptors (Lipinski definition) is 1. The van der Waals surface area contributed by atoms with Crippen molar-refractivity contribution < 1.29 is 0 Å². The molecule has 1 nitrogen and oxygen atoms in total. The van der Waals surface area contributed by atoms with E-state index >= 15 is 0 Å². The lowest BCUT2D eigenvalue weighted by molar-refractivity contribution is 0.411. The summed E-state index contributed by atoms with van der Waals surface area (Å²) in [5.41, 5.74) is 0. The second-order valence-corrected chi connectivity index (χ2v) is 1.94. The fourth-order valence-electron chi connectivity index (χ4n) is 0.825. The topological polar surface area (TPSA) is 3.24 Å². The van der Waals surface area contributed by atoms with Crippen LogP contribution in [0.3, 0.4) is 0 Å². The van der Waals surface area contributed by atoms with Gasteiger partial charge in [-0.15, -0.1) is 0 Å². The third kappa shape index (κ3) is 1.12. The molecule has 0 saturated carbocycles. The number of rotatable bonds is 1. The predicted molar refractivity (Wildman–Crippen MR) is 35.5 cm³/mol. The lowest BCUT2D eigenvalue weighted by atomic mass is 10.3. The predicted octanol–water partition coefficient (Wildman–Crippen LogP) is 1.39. The van der Waals surface area contributed by atoms with Crippen LogP contribution < -0.4 is 0 Å². The molecule has 1 rings (SSSR count). The van der Waals surface area contributed by atoms with Gasteiger partial charge in [-0.25, -0.2) is 0 Å². The van der Waals surface area contributed by atoms with E-state index in [1.807, 2.05) is 6.20 Å². The zero-order valence-corrected chi connectivity index (χ0v) is 5.01. The van der Waals surface area contributed by atoms with Gasteiger partial charge in [0.2, 0.25) is 0 Å². The summed E-state index contributed by atoms with van der Waals surface area (Å²) in [6, 6.07) is 0. The van der Waals surface area contributed by atoms with Gasteiger partial charge in [0, 0.05) is 13.1 Å². The maximum absolute atomic E-state index is 3.68. The fourth-order valence-corrected chi connectivity index (χ4v) is 0.825. The largest absolute Gasteiger partial charge is 0.374 e. The molecule has 0 N–H and O–H groups in total. The normalized spacial score (nSPS) is 18.8. The first kappa shape index (κ1) is 5.42. The minimum Gasteiger partial charge on any atom is -0.374 e. The highest BCUT2D eigenvalue weighted by Gasteiger charge is 1.96. The Morgan fingerprint density at radius 3 is 2.75 bits per heavy atom. The van der Waals surface area contributed by atoms with Gasteiger partial charge in [-0.2, -0.15) is 0 Å². The van der Waals surface area contributed by atoms with E-state index in [1.54, 1.807) is 0 Å². The smallest absolute Gasteiger partial charge is 0.0353 e. The molecule has 0 spiro atoms. The second-order valence-electron chi connectivity index (χ2n) is 1.94. The minimum absolute atomic E-state index is 1.05. The average Bonchev–Trinajstić information content (AvgIpc) is 1.90. The average molecular weight is 109 g/mol. The van der Waals surface area contributed by atoms with Gasteiger partial charge in [0.15, 0.2) is 0 Å². The molecule has 1 aliphatic rings. The summed E-state index contributed by atoms with van der Waals surface area (Å²) < 4.78 is 0. The van der Waals surface area contributed by atoms with Gasteiger partial charge >= 0.3 is 0 Å². The Hall–Kier alpha value is -0.720. The van der Waals surface area contributed by atoms with Crippen molar-refractivity contribution in [2.24, 2.45) is 0 Å². The molecule has 0 amide bonds. The van der Waals surface area contributed by atoms with Gasteiger partial charge in [0.25, 0.3) is 0 Å². The van der Waals surface area contributed by atoms with Crippen LogP contribution in [0.1, 0.15) is 6.42 Å². The summed E-state index contributed by atoms with van der Waals surface area (Å²) in [4.78, 5) is 2.19. The van der Waals surface area contributed by atoms with E-state index in [-0.39, 0.29) is 0 Å². The van der Waals surface area contributed by atoms with Gasteiger partial charge in [-0.05, 0) is 12.6 Å². The highest BCUT2D eigenvalue weighted by Crippen LogP contribution is 1.99. The van der Waals surface area contributed by atoms with Crippen LogP contribution in [0.25, 0.3) is 0 Å². The molecule has 0 aromatic heterocycles. The standard InChI is InChI=1S/C7H11N/c1-2-8-6-4-3-5-7-8/h2-4H,1,5-7H2. The zero-order chi connectivity index (χ0) is 5.82. The van der Waals surface area contributed by atoms with E-state index in [1.165, 1.54) is 6.42 Å². The number of nitrogens with zero attached hydrogens (tertiary/aromatic N) is 1. The Morgan fingerprint density at radius 2 is 2.38 bits per heavy atom. The van der Waals surface area contributed by atoms with Gasteiger partial charge < -0.3 is 4.90 Å². The molecular formula is C7H11N. The molecule has 0 aromatic rings. The van der Waals surface area contributed by atoms with E-state index in [0.29, 0.717) is 0 Å². The van der Waals surface area contributed by atoms with Crippen LogP contribution in [0.5, 0.6) is 0 Å². The van der Waals surface area contributed by atoms with Gasteiger partial charge in [0.05, 0.1) is 0 Å². The van der Waals surface area contributed by atoms with Crippen molar-refractivity contribution in [2.45, 2.75) is 6.42 Å². The third-order valence-electron chi connectivity index (χ3n) is 1.35. The summed E-state index contributed by atoms with van der Waals surface area (Å²) in [6.45, 7) is 5.86. The van der Waals surface area contributed by atoms with Crippen LogP contribution >= 0.6 is 0 Å². The van der Waals surface area contributed by atoms with E-state index in [2.05, 4.69) is 23.6 Å². The second kappa shape index (κ2) is 2.55. The quantitative estimate of drug-likeness (QED) is 0.460. The lowest BCUT2D eigenvalue weighted by Crippen LogP contribution is -2.20. The first-order valence-electron chi connectivity index (χ1n) is 2.95. The fraction of sp³-hybridized carbons (Fsp3) is 0.429. The first-order valence-corrected chi connectivity index (χ1v) is 2.95. The van der Waals surface area contributed by atoms with Crippen molar-refractivity contribution in [3.05, 3.63) is 24.9 Å². The van der Waals surface area contributed by atoms with Gasteiger partial charge in [-0.1, -0.05) is 18.7 Å². The molecule has 0 aliphatic carbocycles. The minimum atomic E-state index is 1.05. The van der Waals surface area contributed by atoms with E-state index < -0.39 is 0 Å². The molecule has 0 fully saturated rings. The molecule has 0 atom stereocenters. The molecule has 0 aromatic carbocycles. The van der Waals surface area contributed by atoms with Crippen LogP contribution in [0, 0.1) is 0 Å². The molecule has 44 valence electrons.